The summed E-state index contributed by atoms with van der Waals surface area (Å²) >= 11 is 0. The maximum atomic E-state index is 15.2. The first-order valence-corrected chi connectivity index (χ1v) is 42.6. The molecule has 24 heteroatoms. The number of ether oxygens (including phenoxy) is 9. The largest absolute Gasteiger partial charge is 0.465 e. The fraction of sp³-hybridized carbons (Fsp3) is 0.300. The van der Waals surface area contributed by atoms with E-state index in [0.717, 1.165) is 0 Å². The van der Waals surface area contributed by atoms with Crippen LogP contribution in [0.1, 0.15) is 154 Å². The first-order valence-electron chi connectivity index (χ1n) is 37.4. The summed E-state index contributed by atoms with van der Waals surface area (Å²) < 4.78 is 98.0. The molecule has 0 fully saturated rings. The zero-order valence-electron chi connectivity index (χ0n) is 66.3. The van der Waals surface area contributed by atoms with Crippen molar-refractivity contribution in [2.24, 2.45) is 5.41 Å². The van der Waals surface area contributed by atoms with Crippen molar-refractivity contribution < 1.29 is 99.5 Å². The van der Waals surface area contributed by atoms with Gasteiger partial charge in [-0.05, 0) is 102 Å². The van der Waals surface area contributed by atoms with E-state index in [1.165, 1.54) is 20.8 Å². The van der Waals surface area contributed by atoms with Crippen molar-refractivity contribution in [3.63, 3.8) is 0 Å². The molecule has 0 saturated carbocycles. The van der Waals surface area contributed by atoms with E-state index in [1.807, 2.05) is 0 Å². The molecule has 0 aliphatic heterocycles. The summed E-state index contributed by atoms with van der Waals surface area (Å²) in [6.45, 7) is 19.8. The van der Waals surface area contributed by atoms with Gasteiger partial charge in [-0.2, -0.15) is 0 Å². The molecule has 9 aromatic carbocycles. The van der Waals surface area contributed by atoms with Gasteiger partial charge in [-0.25, -0.2) is 0 Å². The molecule has 0 aromatic heterocycles. The molecular weight excluding hydrogens is 1510 g/mol. The number of rotatable bonds is 37. The van der Waals surface area contributed by atoms with Gasteiger partial charge in [-0.1, -0.05) is 207 Å². The first kappa shape index (κ1) is 86.9. The van der Waals surface area contributed by atoms with Gasteiger partial charge in [-0.3, -0.25) is 43.2 Å². The van der Waals surface area contributed by atoms with Crippen molar-refractivity contribution in [3.8, 4) is 17.2 Å². The maximum Gasteiger partial charge on any atom is 0.309 e. The lowest BCUT2D eigenvalue weighted by molar-refractivity contribution is -0.170. The standard InChI is InChI=1S/C90H95O21P3/c1-14-90(54-103-75(91)45-48-78(94)106-66(11)109-84-60(5)51-57(2)81(63(84)8)87(97)112(100,69-33-21-15-22-34-69)70-35-23-16-24-36-70,55-104-76(92)46-49-79(95)107-67(12)110-85-61(6)52-58(3)82(64(85)9)88(98)113(101,71-37-25-17-26-38-71)72-39-27-18-28-40-72)56-105-77(93)47-50-80(96)108-68(13)111-86-62(7)53-59(4)83(65(86)10)89(99)114(102,73-41-29-19-30-42-73)74-43-31-20-32-44-74/h15-44,51-53,66-68H,14,45-50,54-56H2,1-13H3. The monoisotopic (exact) mass is 1600 g/mol. The molecule has 0 spiro atoms. The number of carbonyl (C=O) groups is 9. The Kier molecular flexibility index (Phi) is 29.4. The molecule has 114 heavy (non-hydrogen) atoms. The van der Waals surface area contributed by atoms with E-state index in [2.05, 4.69) is 0 Å². The van der Waals surface area contributed by atoms with Crippen molar-refractivity contribution in [2.45, 2.75) is 154 Å². The number of hydrogen-bond acceptors (Lipinski definition) is 21. The van der Waals surface area contributed by atoms with Crippen LogP contribution in [0.15, 0.2) is 200 Å². The Labute approximate surface area is 664 Å². The highest BCUT2D eigenvalue weighted by Gasteiger charge is 2.43. The lowest BCUT2D eigenvalue weighted by atomic mass is 9.88. The van der Waals surface area contributed by atoms with Gasteiger partial charge in [0.25, 0.3) is 0 Å². The number of benzene rings is 9. The maximum absolute atomic E-state index is 15.2. The molecule has 0 N–H and O–H groups in total. The predicted molar refractivity (Wildman–Crippen MR) is 436 cm³/mol. The number of carbonyl (C=O) groups excluding carboxylic acids is 9. The third kappa shape index (κ3) is 20.3. The summed E-state index contributed by atoms with van der Waals surface area (Å²) in [5, 5.41) is 2.10. The van der Waals surface area contributed by atoms with Gasteiger partial charge >= 0.3 is 35.8 Å². The van der Waals surface area contributed by atoms with E-state index in [4.69, 9.17) is 42.6 Å². The summed E-state index contributed by atoms with van der Waals surface area (Å²) in [5.74, 6) is -4.66. The summed E-state index contributed by atoms with van der Waals surface area (Å²) in [7, 11) is -11.8. The van der Waals surface area contributed by atoms with Crippen LogP contribution in [0.3, 0.4) is 0 Å². The van der Waals surface area contributed by atoms with Crippen molar-refractivity contribution in [3.05, 3.63) is 267 Å². The number of aryl methyl sites for hydroxylation is 6. The molecule has 0 amide bonds. The average molecular weight is 1610 g/mol. The minimum absolute atomic E-state index is 0.0369. The summed E-state index contributed by atoms with van der Waals surface area (Å²) in [4.78, 5) is 125. The highest BCUT2D eigenvalue weighted by atomic mass is 31.2. The smallest absolute Gasteiger partial charge is 0.309 e. The van der Waals surface area contributed by atoms with E-state index >= 15 is 13.7 Å². The Morgan fingerprint density at radius 3 is 0.684 bits per heavy atom. The molecule has 596 valence electrons. The van der Waals surface area contributed by atoms with Crippen LogP contribution in [-0.4, -0.2) is 91.1 Å². The second-order valence-corrected chi connectivity index (χ2v) is 36.1. The molecule has 0 radical (unpaired) electrons. The van der Waals surface area contributed by atoms with Crippen LogP contribution in [0.4, 0.5) is 0 Å². The highest BCUT2D eigenvalue weighted by Crippen LogP contribution is 2.52. The number of esters is 6. The van der Waals surface area contributed by atoms with E-state index in [9.17, 15) is 43.2 Å². The normalized spacial score (nSPS) is 12.8. The SMILES string of the molecule is CCC(COC(=O)CCC(=O)OC(C)Oc1c(C)cc(C)c(C(=O)P(=O)(c2ccccc2)c2ccccc2)c1C)(COC(=O)CCC(=O)OC(C)Oc1c(C)cc(C)c(C(=O)P(=O)(c2ccccc2)c2ccccc2)c1C)COC(=O)CCC(=O)OC(C)Oc1c(C)cc(C)c(C(=O)P(=O)(c2ccccc2)c2ccccc2)c1C. The first-order chi connectivity index (χ1) is 54.3. The van der Waals surface area contributed by atoms with E-state index in [0.29, 0.717) is 81.9 Å². The van der Waals surface area contributed by atoms with Crippen LogP contribution in [0.25, 0.3) is 0 Å². The summed E-state index contributed by atoms with van der Waals surface area (Å²) in [5.41, 5.74) is 1.82. The molecule has 9 rings (SSSR count). The third-order valence-electron chi connectivity index (χ3n) is 19.6. The Morgan fingerprint density at radius 1 is 0.298 bits per heavy atom. The average Bonchev–Trinajstić information content (AvgIpc) is 0.759. The highest BCUT2D eigenvalue weighted by molar-refractivity contribution is 7.94. The van der Waals surface area contributed by atoms with Crippen LogP contribution in [0.2, 0.25) is 0 Å². The molecule has 0 heterocycles. The van der Waals surface area contributed by atoms with Gasteiger partial charge in [0.1, 0.15) is 37.1 Å². The van der Waals surface area contributed by atoms with Crippen molar-refractivity contribution in [1.29, 1.82) is 0 Å². The zero-order chi connectivity index (χ0) is 82.8. The van der Waals surface area contributed by atoms with Gasteiger partial charge in [0.05, 0.1) is 43.9 Å². The van der Waals surface area contributed by atoms with Crippen LogP contribution in [0, 0.1) is 67.7 Å². The molecule has 3 unspecified atom stereocenters. The molecule has 0 aliphatic rings. The van der Waals surface area contributed by atoms with Gasteiger partial charge in [0, 0.05) is 86.0 Å². The second-order valence-electron chi connectivity index (χ2n) is 28.1. The molecule has 21 nitrogen and oxygen atoms in total. The van der Waals surface area contributed by atoms with Gasteiger partial charge < -0.3 is 56.3 Å². The topological polar surface area (TPSA) is 288 Å². The Morgan fingerprint density at radius 2 is 0.491 bits per heavy atom. The molecule has 0 aliphatic carbocycles. The fourth-order valence-corrected chi connectivity index (χ4v) is 21.6. The molecule has 0 bridgehead atoms. The summed E-state index contributed by atoms with van der Waals surface area (Å²) in [6, 6.07) is 56.2. The van der Waals surface area contributed by atoms with Crippen LogP contribution in [0.5, 0.6) is 17.2 Å². The quantitative estimate of drug-likeness (QED) is 0.0151. The minimum Gasteiger partial charge on any atom is -0.465 e. The van der Waals surface area contributed by atoms with E-state index in [1.54, 1.807) is 269 Å². The fourth-order valence-electron chi connectivity index (χ4n) is 13.7. The van der Waals surface area contributed by atoms with Crippen LogP contribution < -0.4 is 46.0 Å². The molecular formula is C90H95O21P3. The molecule has 0 saturated heterocycles. The Hall–Kier alpha value is -11.1. The lowest BCUT2D eigenvalue weighted by Crippen LogP contribution is -2.39. The van der Waals surface area contributed by atoms with E-state index < -0.39 is 156 Å². The van der Waals surface area contributed by atoms with Gasteiger partial charge in [0.2, 0.25) is 56.9 Å². The third-order valence-corrected chi connectivity index (χ3v) is 28.2. The Balaban J connectivity index is 0.838. The summed E-state index contributed by atoms with van der Waals surface area (Å²) in [6.07, 6.45) is -6.81. The van der Waals surface area contributed by atoms with Gasteiger partial charge in [-0.15, -0.1) is 0 Å². The lowest BCUT2D eigenvalue weighted by Gasteiger charge is -2.31. The number of hydrogen-bond donors (Lipinski definition) is 0. The second kappa shape index (κ2) is 38.6. The Bertz CT molecular complexity index is 4550. The molecule has 9 aromatic rings. The molecule has 3 atom stereocenters. The predicted octanol–water partition coefficient (Wildman–Crippen LogP) is 15.5. The van der Waals surface area contributed by atoms with Gasteiger partial charge in [0.15, 0.2) is 0 Å². The van der Waals surface area contributed by atoms with Crippen molar-refractivity contribution in [1.82, 2.24) is 0 Å². The van der Waals surface area contributed by atoms with Crippen molar-refractivity contribution in [2.75, 3.05) is 19.8 Å². The van der Waals surface area contributed by atoms with Crippen LogP contribution in [-0.2, 0) is 70.9 Å². The van der Waals surface area contributed by atoms with Crippen molar-refractivity contribution >= 4 is 106 Å². The minimum atomic E-state index is -3.94. The van der Waals surface area contributed by atoms with E-state index in [-0.39, 0.29) is 40.4 Å². The zero-order valence-corrected chi connectivity index (χ0v) is 69.0. The van der Waals surface area contributed by atoms with Crippen LogP contribution >= 0.6 is 21.4 Å².